The number of carbonyl (C=O) groups is 1. The molecule has 3 aromatic rings. The highest BCUT2D eigenvalue weighted by molar-refractivity contribution is 7.99. The van der Waals surface area contributed by atoms with E-state index in [9.17, 15) is 14.9 Å². The van der Waals surface area contributed by atoms with Gasteiger partial charge < -0.3 is 9.88 Å². The van der Waals surface area contributed by atoms with Crippen molar-refractivity contribution in [1.29, 1.82) is 0 Å². The standard InChI is InChI=1S/C19H18ClN5O3S/c1-3-24-18(13-5-4-12(2)16(20)10-13)22-23-19(24)29-11-17(26)21-14-6-8-15(9-7-14)25(27)28/h4-10H,3,11H2,1-2H3,(H,21,26). The Hall–Kier alpha value is -2.91. The number of nitro benzene ring substituents is 1. The highest BCUT2D eigenvalue weighted by Crippen LogP contribution is 2.27. The molecule has 0 aliphatic heterocycles. The van der Waals surface area contributed by atoms with E-state index in [-0.39, 0.29) is 17.3 Å². The van der Waals surface area contributed by atoms with Gasteiger partial charge in [0.25, 0.3) is 5.69 Å². The molecular formula is C19H18ClN5O3S. The van der Waals surface area contributed by atoms with Crippen molar-refractivity contribution in [3.05, 3.63) is 63.2 Å². The van der Waals surface area contributed by atoms with E-state index in [1.165, 1.54) is 36.0 Å². The van der Waals surface area contributed by atoms with Gasteiger partial charge in [0.15, 0.2) is 11.0 Å². The highest BCUT2D eigenvalue weighted by Gasteiger charge is 2.15. The summed E-state index contributed by atoms with van der Waals surface area (Å²) < 4.78 is 1.92. The third kappa shape index (κ3) is 4.93. The van der Waals surface area contributed by atoms with Crippen molar-refractivity contribution in [3.63, 3.8) is 0 Å². The molecular weight excluding hydrogens is 414 g/mol. The quantitative estimate of drug-likeness (QED) is 0.334. The van der Waals surface area contributed by atoms with Gasteiger partial charge in [-0.05, 0) is 37.6 Å². The number of carbonyl (C=O) groups excluding carboxylic acids is 1. The molecule has 0 saturated heterocycles. The third-order valence-electron chi connectivity index (χ3n) is 4.16. The monoisotopic (exact) mass is 431 g/mol. The number of hydrogen-bond acceptors (Lipinski definition) is 6. The minimum absolute atomic E-state index is 0.0304. The largest absolute Gasteiger partial charge is 0.325 e. The van der Waals surface area contributed by atoms with Crippen LogP contribution in [0.5, 0.6) is 0 Å². The van der Waals surface area contributed by atoms with E-state index in [1.54, 1.807) is 0 Å². The first kappa shape index (κ1) is 20.8. The predicted molar refractivity (Wildman–Crippen MR) is 113 cm³/mol. The number of nitrogens with one attached hydrogen (secondary N) is 1. The van der Waals surface area contributed by atoms with Crippen molar-refractivity contribution >= 4 is 40.6 Å². The molecule has 1 amide bonds. The fraction of sp³-hybridized carbons (Fsp3) is 0.211. The molecule has 8 nitrogen and oxygen atoms in total. The van der Waals surface area contributed by atoms with Gasteiger partial charge in [-0.2, -0.15) is 0 Å². The summed E-state index contributed by atoms with van der Waals surface area (Å²) in [6, 6.07) is 11.4. The molecule has 0 aliphatic carbocycles. The maximum absolute atomic E-state index is 12.2. The van der Waals surface area contributed by atoms with Crippen molar-refractivity contribution in [2.24, 2.45) is 0 Å². The predicted octanol–water partition coefficient (Wildman–Crippen LogP) is 4.57. The Morgan fingerprint density at radius 3 is 2.59 bits per heavy atom. The Labute approximate surface area is 176 Å². The highest BCUT2D eigenvalue weighted by atomic mass is 35.5. The zero-order valence-corrected chi connectivity index (χ0v) is 17.3. The third-order valence-corrected chi connectivity index (χ3v) is 5.53. The number of hydrogen-bond donors (Lipinski definition) is 1. The van der Waals surface area contributed by atoms with Crippen LogP contribution in [0.4, 0.5) is 11.4 Å². The van der Waals surface area contributed by atoms with Gasteiger partial charge in [0.05, 0.1) is 10.7 Å². The van der Waals surface area contributed by atoms with Gasteiger partial charge >= 0.3 is 0 Å². The second-order valence-electron chi connectivity index (χ2n) is 6.16. The Kier molecular flexibility index (Phi) is 6.50. The lowest BCUT2D eigenvalue weighted by Crippen LogP contribution is -2.14. The van der Waals surface area contributed by atoms with Gasteiger partial charge in [0, 0.05) is 35.0 Å². The Bertz CT molecular complexity index is 1050. The number of halogens is 1. The van der Waals surface area contributed by atoms with Crippen LogP contribution in [-0.4, -0.2) is 31.3 Å². The van der Waals surface area contributed by atoms with Crippen LogP contribution in [0.1, 0.15) is 12.5 Å². The first-order chi connectivity index (χ1) is 13.9. The van der Waals surface area contributed by atoms with E-state index < -0.39 is 4.92 Å². The lowest BCUT2D eigenvalue weighted by molar-refractivity contribution is -0.384. The Morgan fingerprint density at radius 1 is 1.24 bits per heavy atom. The maximum atomic E-state index is 12.2. The molecule has 0 aliphatic rings. The first-order valence-electron chi connectivity index (χ1n) is 8.76. The number of anilines is 1. The molecule has 1 N–H and O–H groups in total. The molecule has 0 unspecified atom stereocenters. The topological polar surface area (TPSA) is 103 Å². The zero-order chi connectivity index (χ0) is 21.0. The summed E-state index contributed by atoms with van der Waals surface area (Å²) in [4.78, 5) is 22.4. The molecule has 0 atom stereocenters. The van der Waals surface area contributed by atoms with Crippen LogP contribution in [0.2, 0.25) is 5.02 Å². The average Bonchev–Trinajstić information content (AvgIpc) is 3.12. The van der Waals surface area contributed by atoms with Crippen molar-refractivity contribution < 1.29 is 9.72 Å². The minimum atomic E-state index is -0.488. The fourth-order valence-electron chi connectivity index (χ4n) is 2.62. The average molecular weight is 432 g/mol. The molecule has 1 heterocycles. The van der Waals surface area contributed by atoms with Crippen LogP contribution in [0.3, 0.4) is 0 Å². The van der Waals surface area contributed by atoms with Crippen LogP contribution in [0, 0.1) is 17.0 Å². The van der Waals surface area contributed by atoms with E-state index in [4.69, 9.17) is 11.6 Å². The van der Waals surface area contributed by atoms with Gasteiger partial charge in [-0.15, -0.1) is 10.2 Å². The van der Waals surface area contributed by atoms with Crippen LogP contribution in [0.15, 0.2) is 47.6 Å². The van der Waals surface area contributed by atoms with E-state index in [0.717, 1.165) is 11.1 Å². The SMILES string of the molecule is CCn1c(SCC(=O)Nc2ccc([N+](=O)[O-])cc2)nnc1-c1ccc(C)c(Cl)c1. The number of nitrogens with zero attached hydrogens (tertiary/aromatic N) is 4. The summed E-state index contributed by atoms with van der Waals surface area (Å²) in [7, 11) is 0. The van der Waals surface area contributed by atoms with E-state index in [1.807, 2.05) is 36.6 Å². The number of amides is 1. The molecule has 150 valence electrons. The van der Waals surface area contributed by atoms with Crippen molar-refractivity contribution in [3.8, 4) is 11.4 Å². The lowest BCUT2D eigenvalue weighted by atomic mass is 10.1. The number of rotatable bonds is 7. The number of thioether (sulfide) groups is 1. The zero-order valence-electron chi connectivity index (χ0n) is 15.8. The molecule has 3 rings (SSSR count). The number of benzene rings is 2. The molecule has 0 bridgehead atoms. The van der Waals surface area contributed by atoms with Gasteiger partial charge in [-0.25, -0.2) is 0 Å². The van der Waals surface area contributed by atoms with Crippen LogP contribution in [0.25, 0.3) is 11.4 Å². The first-order valence-corrected chi connectivity index (χ1v) is 10.1. The summed E-state index contributed by atoms with van der Waals surface area (Å²) in [6.45, 7) is 4.55. The van der Waals surface area contributed by atoms with Crippen molar-refractivity contribution in [2.75, 3.05) is 11.1 Å². The molecule has 0 radical (unpaired) electrons. The molecule has 0 fully saturated rings. The smallest absolute Gasteiger partial charge is 0.269 e. The Balaban J connectivity index is 1.67. The summed E-state index contributed by atoms with van der Waals surface area (Å²) in [5, 5.41) is 23.1. The molecule has 1 aromatic heterocycles. The molecule has 10 heteroatoms. The normalized spacial score (nSPS) is 10.7. The van der Waals surface area contributed by atoms with Gasteiger partial charge in [0.1, 0.15) is 0 Å². The van der Waals surface area contributed by atoms with Crippen molar-refractivity contribution in [1.82, 2.24) is 14.8 Å². The van der Waals surface area contributed by atoms with E-state index in [0.29, 0.717) is 28.2 Å². The number of aryl methyl sites for hydroxylation is 1. The second kappa shape index (κ2) is 9.06. The minimum Gasteiger partial charge on any atom is -0.325 e. The van der Waals surface area contributed by atoms with Crippen LogP contribution < -0.4 is 5.32 Å². The van der Waals surface area contributed by atoms with Crippen LogP contribution >= 0.6 is 23.4 Å². The summed E-state index contributed by atoms with van der Waals surface area (Å²) in [5.41, 5.74) is 2.30. The van der Waals surface area contributed by atoms with E-state index in [2.05, 4.69) is 15.5 Å². The van der Waals surface area contributed by atoms with Gasteiger partial charge in [-0.3, -0.25) is 14.9 Å². The number of nitro groups is 1. The molecule has 2 aromatic carbocycles. The number of aromatic nitrogens is 3. The lowest BCUT2D eigenvalue weighted by Gasteiger charge is -2.08. The van der Waals surface area contributed by atoms with E-state index >= 15 is 0 Å². The summed E-state index contributed by atoms with van der Waals surface area (Å²) >= 11 is 7.49. The second-order valence-corrected chi connectivity index (χ2v) is 7.50. The maximum Gasteiger partial charge on any atom is 0.269 e. The summed E-state index contributed by atoms with van der Waals surface area (Å²) in [5.74, 6) is 0.575. The van der Waals surface area contributed by atoms with Crippen LogP contribution in [-0.2, 0) is 11.3 Å². The molecule has 0 saturated carbocycles. The number of non-ortho nitro benzene ring substituents is 1. The Morgan fingerprint density at radius 2 is 1.97 bits per heavy atom. The molecule has 0 spiro atoms. The van der Waals surface area contributed by atoms with Gasteiger partial charge in [0.2, 0.25) is 5.91 Å². The van der Waals surface area contributed by atoms with Gasteiger partial charge in [-0.1, -0.05) is 35.5 Å². The molecule has 29 heavy (non-hydrogen) atoms. The fourth-order valence-corrected chi connectivity index (χ4v) is 3.60. The van der Waals surface area contributed by atoms with Crippen molar-refractivity contribution in [2.45, 2.75) is 25.5 Å². The summed E-state index contributed by atoms with van der Waals surface area (Å²) in [6.07, 6.45) is 0.